The molecule has 3 rings (SSSR count). The van der Waals surface area contributed by atoms with Crippen LogP contribution in [0.3, 0.4) is 0 Å². The predicted molar refractivity (Wildman–Crippen MR) is 101 cm³/mol. The van der Waals surface area contributed by atoms with Crippen LogP contribution in [-0.4, -0.2) is 33.2 Å². The van der Waals surface area contributed by atoms with Crippen molar-refractivity contribution in [2.24, 2.45) is 0 Å². The third-order valence-electron chi connectivity index (χ3n) is 4.48. The number of aryl methyl sites for hydroxylation is 3. The molecule has 6 heteroatoms. The van der Waals surface area contributed by atoms with Crippen molar-refractivity contribution in [1.82, 2.24) is 9.88 Å². The summed E-state index contributed by atoms with van der Waals surface area (Å²) in [5.41, 5.74) is 2.65. The van der Waals surface area contributed by atoms with Crippen molar-refractivity contribution in [2.45, 2.75) is 40.2 Å². The lowest BCUT2D eigenvalue weighted by atomic mass is 9.94. The summed E-state index contributed by atoms with van der Waals surface area (Å²) in [6, 6.07) is 7.14. The van der Waals surface area contributed by atoms with E-state index >= 15 is 0 Å². The topological polar surface area (TPSA) is 70.5 Å². The van der Waals surface area contributed by atoms with Crippen molar-refractivity contribution in [1.29, 1.82) is 0 Å². The molecule has 0 saturated heterocycles. The summed E-state index contributed by atoms with van der Waals surface area (Å²) in [5.74, 6) is -1.25. The minimum Gasteiger partial charge on any atom is -0.503 e. The lowest BCUT2D eigenvalue weighted by Gasteiger charge is -2.26. The number of amides is 1. The molecule has 5 nitrogen and oxygen atoms in total. The molecule has 0 radical (unpaired) electrons. The van der Waals surface area contributed by atoms with E-state index in [9.17, 15) is 14.7 Å². The Kier molecular flexibility index (Phi) is 4.96. The molecule has 1 aromatic carbocycles. The maximum atomic E-state index is 13.2. The Bertz CT molecular complexity index is 914. The van der Waals surface area contributed by atoms with Gasteiger partial charge in [0.05, 0.1) is 27.2 Å². The van der Waals surface area contributed by atoms with E-state index in [1.807, 2.05) is 45.0 Å². The minimum absolute atomic E-state index is 0.154. The predicted octanol–water partition coefficient (Wildman–Crippen LogP) is 4.06. The van der Waals surface area contributed by atoms with Gasteiger partial charge in [0.15, 0.2) is 5.76 Å². The van der Waals surface area contributed by atoms with Gasteiger partial charge >= 0.3 is 0 Å². The molecular formula is C20H22N2O3S. The molecule has 1 atom stereocenters. The number of aromatic nitrogens is 1. The number of carbonyl (C=O) groups is 2. The second-order valence-corrected chi connectivity index (χ2v) is 7.76. The highest BCUT2D eigenvalue weighted by Crippen LogP contribution is 2.40. The molecule has 1 aliphatic rings. The van der Waals surface area contributed by atoms with Crippen molar-refractivity contribution in [3.63, 3.8) is 0 Å². The number of hydrogen-bond donors (Lipinski definition) is 1. The monoisotopic (exact) mass is 370 g/mol. The number of Topliss-reactive ketones (excluding diaryl/α,β-unsaturated/α-hetero) is 1. The van der Waals surface area contributed by atoms with Crippen LogP contribution in [0.1, 0.15) is 50.9 Å². The third kappa shape index (κ3) is 3.05. The molecule has 1 N–H and O–H groups in total. The molecule has 26 heavy (non-hydrogen) atoms. The molecule has 1 amide bonds. The number of hydrogen-bond acceptors (Lipinski definition) is 5. The average Bonchev–Trinajstić information content (AvgIpc) is 3.05. The van der Waals surface area contributed by atoms with Crippen LogP contribution in [0.5, 0.6) is 0 Å². The van der Waals surface area contributed by atoms with E-state index < -0.39 is 17.7 Å². The highest BCUT2D eigenvalue weighted by Gasteiger charge is 2.44. The van der Waals surface area contributed by atoms with E-state index in [1.54, 1.807) is 11.8 Å². The maximum absolute atomic E-state index is 13.2. The van der Waals surface area contributed by atoms with E-state index in [-0.39, 0.29) is 11.4 Å². The van der Waals surface area contributed by atoms with Crippen molar-refractivity contribution >= 4 is 23.0 Å². The number of ketones is 1. The van der Waals surface area contributed by atoms with E-state index in [1.165, 1.54) is 11.3 Å². The quantitative estimate of drug-likeness (QED) is 0.806. The lowest BCUT2D eigenvalue weighted by molar-refractivity contribution is -0.129. The summed E-state index contributed by atoms with van der Waals surface area (Å²) >= 11 is 1.29. The molecule has 1 unspecified atom stereocenters. The first-order valence-corrected chi connectivity index (χ1v) is 9.46. The fourth-order valence-electron chi connectivity index (χ4n) is 3.41. The van der Waals surface area contributed by atoms with Crippen molar-refractivity contribution in [3.8, 4) is 0 Å². The van der Waals surface area contributed by atoms with Gasteiger partial charge < -0.3 is 10.0 Å². The van der Waals surface area contributed by atoms with Crippen LogP contribution < -0.4 is 0 Å². The van der Waals surface area contributed by atoms with Crippen LogP contribution in [0.25, 0.3) is 0 Å². The molecule has 2 heterocycles. The Balaban J connectivity index is 2.14. The smallest absolute Gasteiger partial charge is 0.290 e. The molecular weight excluding hydrogens is 348 g/mol. The largest absolute Gasteiger partial charge is 0.503 e. The van der Waals surface area contributed by atoms with Crippen molar-refractivity contribution in [3.05, 3.63) is 62.3 Å². The van der Waals surface area contributed by atoms with E-state index in [0.29, 0.717) is 17.1 Å². The fraction of sp³-hybridized carbons (Fsp3) is 0.350. The van der Waals surface area contributed by atoms with Crippen LogP contribution in [-0.2, 0) is 4.79 Å². The Morgan fingerprint density at radius 3 is 2.62 bits per heavy atom. The average molecular weight is 370 g/mol. The van der Waals surface area contributed by atoms with Gasteiger partial charge in [0.25, 0.3) is 5.91 Å². The molecule has 2 aromatic rings. The number of carbonyl (C=O) groups excluding carboxylic acids is 2. The first-order chi connectivity index (χ1) is 12.3. The number of benzene rings is 1. The van der Waals surface area contributed by atoms with Gasteiger partial charge in [-0.05, 0) is 32.8 Å². The summed E-state index contributed by atoms with van der Waals surface area (Å²) < 4.78 is 0. The minimum atomic E-state index is -0.573. The van der Waals surface area contributed by atoms with Gasteiger partial charge in [-0.1, -0.05) is 36.8 Å². The summed E-state index contributed by atoms with van der Waals surface area (Å²) in [6.07, 6.45) is 0.738. The van der Waals surface area contributed by atoms with Crippen molar-refractivity contribution < 1.29 is 14.7 Å². The van der Waals surface area contributed by atoms with Gasteiger partial charge in [-0.15, -0.1) is 11.3 Å². The zero-order valence-electron chi connectivity index (χ0n) is 15.4. The van der Waals surface area contributed by atoms with Gasteiger partial charge in [-0.2, -0.15) is 0 Å². The van der Waals surface area contributed by atoms with Gasteiger partial charge in [0, 0.05) is 6.54 Å². The number of rotatable bonds is 5. The number of nitrogens with zero attached hydrogens (tertiary/aromatic N) is 2. The summed E-state index contributed by atoms with van der Waals surface area (Å²) in [6.45, 7) is 8.01. The highest BCUT2D eigenvalue weighted by atomic mass is 32.1. The van der Waals surface area contributed by atoms with Crippen LogP contribution in [0.2, 0.25) is 0 Å². The van der Waals surface area contributed by atoms with Crippen LogP contribution in [0.4, 0.5) is 0 Å². The van der Waals surface area contributed by atoms with Crippen LogP contribution in [0.15, 0.2) is 35.6 Å². The van der Waals surface area contributed by atoms with Gasteiger partial charge in [-0.25, -0.2) is 4.98 Å². The van der Waals surface area contributed by atoms with Gasteiger partial charge in [0.2, 0.25) is 5.78 Å². The highest BCUT2D eigenvalue weighted by molar-refractivity contribution is 7.14. The zero-order chi connectivity index (χ0) is 19.0. The van der Waals surface area contributed by atoms with Gasteiger partial charge in [0.1, 0.15) is 0 Å². The first kappa shape index (κ1) is 18.3. The SMILES string of the molecule is CCCN1C(=O)C(O)=C(C(=O)c2sc(C)nc2C)C1c1cccc(C)c1. The van der Waals surface area contributed by atoms with Crippen LogP contribution in [0, 0.1) is 20.8 Å². The van der Waals surface area contributed by atoms with Gasteiger partial charge in [-0.3, -0.25) is 9.59 Å². The molecule has 0 bridgehead atoms. The normalized spacial score (nSPS) is 17.3. The molecule has 0 spiro atoms. The summed E-state index contributed by atoms with van der Waals surface area (Å²) in [4.78, 5) is 32.3. The maximum Gasteiger partial charge on any atom is 0.290 e. The Hall–Kier alpha value is -2.47. The summed E-state index contributed by atoms with van der Waals surface area (Å²) in [7, 11) is 0. The van der Waals surface area contributed by atoms with E-state index in [2.05, 4.69) is 4.98 Å². The van der Waals surface area contributed by atoms with E-state index in [4.69, 9.17) is 0 Å². The number of aliphatic hydroxyl groups is 1. The van der Waals surface area contributed by atoms with Crippen molar-refractivity contribution in [2.75, 3.05) is 6.54 Å². The fourth-order valence-corrected chi connectivity index (χ4v) is 4.28. The second-order valence-electron chi connectivity index (χ2n) is 6.55. The Labute approximate surface area is 157 Å². The molecule has 0 aliphatic carbocycles. The van der Waals surface area contributed by atoms with E-state index in [0.717, 1.165) is 22.6 Å². The zero-order valence-corrected chi connectivity index (χ0v) is 16.2. The standard InChI is InChI=1S/C20H22N2O3S/c1-5-9-22-16(14-8-6-7-11(2)10-14)15(18(24)20(22)25)17(23)19-12(3)21-13(4)26-19/h6-8,10,16,24H,5,9H2,1-4H3. The molecule has 1 aliphatic heterocycles. The number of thiazole rings is 1. The molecule has 0 saturated carbocycles. The summed E-state index contributed by atoms with van der Waals surface area (Å²) in [5, 5.41) is 11.3. The lowest BCUT2D eigenvalue weighted by Crippen LogP contribution is -2.31. The Morgan fingerprint density at radius 1 is 1.31 bits per heavy atom. The second kappa shape index (κ2) is 7.03. The first-order valence-electron chi connectivity index (χ1n) is 8.64. The molecule has 0 fully saturated rings. The Morgan fingerprint density at radius 2 is 2.04 bits per heavy atom. The molecule has 136 valence electrons. The molecule has 1 aromatic heterocycles. The third-order valence-corrected chi connectivity index (χ3v) is 5.55. The van der Waals surface area contributed by atoms with Crippen LogP contribution >= 0.6 is 11.3 Å². The number of aliphatic hydroxyl groups excluding tert-OH is 1.